The molecule has 0 spiro atoms. The smallest absolute Gasteiger partial charge is 0.408 e. The lowest BCUT2D eigenvalue weighted by atomic mass is 10.1. The number of alkyl carbamates (subject to hydrolysis) is 1. The van der Waals surface area contributed by atoms with Gasteiger partial charge in [-0.3, -0.25) is 0 Å². The Bertz CT molecular complexity index is 524. The number of aliphatic hydroxyl groups excluding tert-OH is 1. The van der Waals surface area contributed by atoms with Gasteiger partial charge in [-0.2, -0.15) is 0 Å². The highest BCUT2D eigenvalue weighted by Gasteiger charge is 2.26. The van der Waals surface area contributed by atoms with Crippen molar-refractivity contribution in [1.29, 1.82) is 0 Å². The van der Waals surface area contributed by atoms with Crippen LogP contribution in [0.3, 0.4) is 0 Å². The first-order valence-electron chi connectivity index (χ1n) is 7.73. The molecule has 134 valence electrons. The molecule has 0 aliphatic rings. The summed E-state index contributed by atoms with van der Waals surface area (Å²) >= 11 is 0. The van der Waals surface area contributed by atoms with Crippen LogP contribution in [0.2, 0.25) is 0 Å². The van der Waals surface area contributed by atoms with Crippen LogP contribution in [0, 0.1) is 0 Å². The Morgan fingerprint density at radius 1 is 1.12 bits per heavy atom. The van der Waals surface area contributed by atoms with Crippen LogP contribution >= 0.6 is 0 Å². The maximum atomic E-state index is 12.2. The number of benzene rings is 1. The van der Waals surface area contributed by atoms with E-state index in [0.717, 1.165) is 5.56 Å². The first-order chi connectivity index (χ1) is 11.2. The largest absolute Gasteiger partial charge is 0.459 e. The molecular formula is C17H25NO6. The van der Waals surface area contributed by atoms with Crippen LogP contribution in [0.1, 0.15) is 39.2 Å². The van der Waals surface area contributed by atoms with E-state index in [1.165, 1.54) is 0 Å². The van der Waals surface area contributed by atoms with Gasteiger partial charge in [0, 0.05) is 6.42 Å². The highest BCUT2D eigenvalue weighted by molar-refractivity contribution is 5.81. The van der Waals surface area contributed by atoms with Crippen molar-refractivity contribution in [2.45, 2.75) is 58.2 Å². The van der Waals surface area contributed by atoms with Gasteiger partial charge in [0.15, 0.2) is 6.29 Å². The summed E-state index contributed by atoms with van der Waals surface area (Å²) in [5.41, 5.74) is 0.100. The van der Waals surface area contributed by atoms with Gasteiger partial charge < -0.3 is 25.0 Å². The van der Waals surface area contributed by atoms with Gasteiger partial charge >= 0.3 is 12.1 Å². The molecule has 1 unspecified atom stereocenters. The van der Waals surface area contributed by atoms with Crippen molar-refractivity contribution in [3.05, 3.63) is 35.9 Å². The summed E-state index contributed by atoms with van der Waals surface area (Å²) in [7, 11) is 0. The number of hydrogen-bond donors (Lipinski definition) is 3. The monoisotopic (exact) mass is 339 g/mol. The molecule has 1 atom stereocenters. The number of carbonyl (C=O) groups is 2. The van der Waals surface area contributed by atoms with E-state index < -0.39 is 30.0 Å². The summed E-state index contributed by atoms with van der Waals surface area (Å²) in [6, 6.07) is 8.08. The standard InChI is InChI=1S/C17H25NO6/c1-17(2,3)24-16(22)18-13(9-10-14(19)20)15(21)23-11-12-7-5-4-6-8-12/h4-8,13-14,19-20H,9-11H2,1-3H3,(H,18,22). The Kier molecular flexibility index (Phi) is 7.67. The zero-order valence-electron chi connectivity index (χ0n) is 14.2. The van der Waals surface area contributed by atoms with Gasteiger partial charge in [-0.15, -0.1) is 0 Å². The molecule has 0 saturated carbocycles. The topological polar surface area (TPSA) is 105 Å². The number of amides is 1. The van der Waals surface area contributed by atoms with Gasteiger partial charge in [0.2, 0.25) is 0 Å². The Labute approximate surface area is 141 Å². The fraction of sp³-hybridized carbons (Fsp3) is 0.529. The van der Waals surface area contributed by atoms with Crippen LogP contribution in [-0.4, -0.2) is 40.2 Å². The first kappa shape index (κ1) is 19.9. The molecule has 1 rings (SSSR count). The minimum atomic E-state index is -1.57. The normalized spacial score (nSPS) is 12.6. The summed E-state index contributed by atoms with van der Waals surface area (Å²) in [4.78, 5) is 24.0. The zero-order chi connectivity index (χ0) is 18.2. The molecule has 0 fully saturated rings. The average Bonchev–Trinajstić information content (AvgIpc) is 2.48. The van der Waals surface area contributed by atoms with E-state index in [1.54, 1.807) is 32.9 Å². The van der Waals surface area contributed by atoms with Crippen LogP contribution < -0.4 is 5.32 Å². The second-order valence-electron chi connectivity index (χ2n) is 6.35. The third kappa shape index (κ3) is 8.50. The SMILES string of the molecule is CC(C)(C)OC(=O)NC(CCC(O)O)C(=O)OCc1ccccc1. The molecule has 0 bridgehead atoms. The average molecular weight is 339 g/mol. The van der Waals surface area contributed by atoms with Crippen molar-refractivity contribution in [1.82, 2.24) is 5.32 Å². The molecule has 0 saturated heterocycles. The molecule has 1 aromatic rings. The molecule has 0 heterocycles. The van der Waals surface area contributed by atoms with E-state index in [0.29, 0.717) is 0 Å². The van der Waals surface area contributed by atoms with Crippen molar-refractivity contribution in [3.8, 4) is 0 Å². The van der Waals surface area contributed by atoms with Gasteiger partial charge in [-0.05, 0) is 32.8 Å². The minimum absolute atomic E-state index is 0.0184. The molecule has 7 heteroatoms. The lowest BCUT2D eigenvalue weighted by Crippen LogP contribution is -2.44. The number of rotatable bonds is 7. The molecule has 0 aromatic heterocycles. The number of aliphatic hydroxyl groups is 2. The van der Waals surface area contributed by atoms with Crippen LogP contribution in [0.15, 0.2) is 30.3 Å². The fourth-order valence-electron chi connectivity index (χ4n) is 1.84. The summed E-state index contributed by atoms with van der Waals surface area (Å²) in [6.07, 6.45) is -2.41. The quantitative estimate of drug-likeness (QED) is 0.516. The van der Waals surface area contributed by atoms with E-state index in [4.69, 9.17) is 19.7 Å². The Morgan fingerprint density at radius 2 is 1.75 bits per heavy atom. The molecule has 24 heavy (non-hydrogen) atoms. The van der Waals surface area contributed by atoms with Crippen LogP contribution in [-0.2, 0) is 20.9 Å². The number of esters is 1. The van der Waals surface area contributed by atoms with E-state index in [-0.39, 0.29) is 19.4 Å². The molecule has 0 aliphatic heterocycles. The van der Waals surface area contributed by atoms with Gasteiger partial charge in [0.05, 0.1) is 0 Å². The molecule has 1 amide bonds. The summed E-state index contributed by atoms with van der Waals surface area (Å²) in [6.45, 7) is 5.17. The summed E-state index contributed by atoms with van der Waals surface area (Å²) < 4.78 is 10.3. The van der Waals surface area contributed by atoms with Gasteiger partial charge in [0.1, 0.15) is 18.2 Å². The van der Waals surface area contributed by atoms with Crippen molar-refractivity contribution in [2.24, 2.45) is 0 Å². The number of hydrogen-bond acceptors (Lipinski definition) is 6. The van der Waals surface area contributed by atoms with Crippen molar-refractivity contribution < 1.29 is 29.3 Å². The highest BCUT2D eigenvalue weighted by atomic mass is 16.6. The fourth-order valence-corrected chi connectivity index (χ4v) is 1.84. The maximum Gasteiger partial charge on any atom is 0.408 e. The van der Waals surface area contributed by atoms with Crippen molar-refractivity contribution >= 4 is 12.1 Å². The Morgan fingerprint density at radius 3 is 2.29 bits per heavy atom. The lowest BCUT2D eigenvalue weighted by Gasteiger charge is -2.23. The highest BCUT2D eigenvalue weighted by Crippen LogP contribution is 2.10. The molecule has 7 nitrogen and oxygen atoms in total. The van der Waals surface area contributed by atoms with E-state index in [1.807, 2.05) is 18.2 Å². The van der Waals surface area contributed by atoms with Crippen LogP contribution in [0.5, 0.6) is 0 Å². The zero-order valence-corrected chi connectivity index (χ0v) is 14.2. The predicted molar refractivity (Wildman–Crippen MR) is 86.9 cm³/mol. The van der Waals surface area contributed by atoms with Gasteiger partial charge in [0.25, 0.3) is 0 Å². The minimum Gasteiger partial charge on any atom is -0.459 e. The first-order valence-corrected chi connectivity index (χ1v) is 7.73. The third-order valence-corrected chi connectivity index (χ3v) is 2.91. The molecule has 3 N–H and O–H groups in total. The van der Waals surface area contributed by atoms with Crippen molar-refractivity contribution in [3.63, 3.8) is 0 Å². The van der Waals surface area contributed by atoms with E-state index in [2.05, 4.69) is 5.32 Å². The van der Waals surface area contributed by atoms with Crippen LogP contribution in [0.4, 0.5) is 4.79 Å². The Balaban J connectivity index is 2.62. The lowest BCUT2D eigenvalue weighted by molar-refractivity contribution is -0.148. The van der Waals surface area contributed by atoms with E-state index in [9.17, 15) is 9.59 Å². The number of nitrogens with one attached hydrogen (secondary N) is 1. The molecule has 0 radical (unpaired) electrons. The van der Waals surface area contributed by atoms with Gasteiger partial charge in [-0.25, -0.2) is 9.59 Å². The molecular weight excluding hydrogens is 314 g/mol. The summed E-state index contributed by atoms with van der Waals surface area (Å²) in [5, 5.41) is 20.3. The van der Waals surface area contributed by atoms with E-state index >= 15 is 0 Å². The number of ether oxygens (including phenoxy) is 2. The van der Waals surface area contributed by atoms with Crippen molar-refractivity contribution in [2.75, 3.05) is 0 Å². The Hall–Kier alpha value is -2.12. The number of carbonyl (C=O) groups excluding carboxylic acids is 2. The maximum absolute atomic E-state index is 12.2. The van der Waals surface area contributed by atoms with Gasteiger partial charge in [-0.1, -0.05) is 30.3 Å². The summed E-state index contributed by atoms with van der Waals surface area (Å²) in [5.74, 6) is -0.662. The third-order valence-electron chi connectivity index (χ3n) is 2.91. The second kappa shape index (κ2) is 9.24. The predicted octanol–water partition coefficient (Wildman–Crippen LogP) is 1.71. The molecule has 0 aliphatic carbocycles. The second-order valence-corrected chi connectivity index (χ2v) is 6.35. The van der Waals surface area contributed by atoms with Crippen LogP contribution in [0.25, 0.3) is 0 Å². The molecule has 1 aromatic carbocycles.